The smallest absolute Gasteiger partial charge is 0.240 e. The Bertz CT molecular complexity index is 384. The molecule has 2 saturated heterocycles. The van der Waals surface area contributed by atoms with Gasteiger partial charge in [0.25, 0.3) is 0 Å². The fourth-order valence-electron chi connectivity index (χ4n) is 4.41. The van der Waals surface area contributed by atoms with E-state index in [0.717, 1.165) is 58.0 Å². The summed E-state index contributed by atoms with van der Waals surface area (Å²) >= 11 is 0. The summed E-state index contributed by atoms with van der Waals surface area (Å²) in [4.78, 5) is 19.7. The summed E-state index contributed by atoms with van der Waals surface area (Å²) in [5.74, 6) is 1.28. The predicted octanol–water partition coefficient (Wildman–Crippen LogP) is 1.97. The first-order valence-corrected chi connectivity index (χ1v) is 9.14. The SMILES string of the molecule is C=CCN1CCC[C@H]1C(=O)N1CCN(CC2CCCC2)CC1. The minimum absolute atomic E-state index is 0.111. The molecule has 4 heteroatoms. The van der Waals surface area contributed by atoms with Crippen molar-refractivity contribution in [3.05, 3.63) is 12.7 Å². The van der Waals surface area contributed by atoms with Crippen molar-refractivity contribution in [2.45, 2.75) is 44.6 Å². The van der Waals surface area contributed by atoms with Crippen molar-refractivity contribution >= 4 is 5.91 Å². The van der Waals surface area contributed by atoms with Crippen LogP contribution in [0.1, 0.15) is 38.5 Å². The maximum Gasteiger partial charge on any atom is 0.240 e. The Kier molecular flexibility index (Phi) is 5.53. The summed E-state index contributed by atoms with van der Waals surface area (Å²) in [6.07, 6.45) is 9.76. The van der Waals surface area contributed by atoms with Gasteiger partial charge in [-0.25, -0.2) is 0 Å². The van der Waals surface area contributed by atoms with Gasteiger partial charge in [-0.2, -0.15) is 0 Å². The van der Waals surface area contributed by atoms with Crippen LogP contribution in [0.25, 0.3) is 0 Å². The highest BCUT2D eigenvalue weighted by atomic mass is 16.2. The molecule has 0 radical (unpaired) electrons. The molecule has 3 fully saturated rings. The van der Waals surface area contributed by atoms with Gasteiger partial charge >= 0.3 is 0 Å². The summed E-state index contributed by atoms with van der Waals surface area (Å²) in [5, 5.41) is 0. The molecule has 0 aromatic carbocycles. The normalized spacial score (nSPS) is 28.4. The number of carbonyl (C=O) groups is 1. The Morgan fingerprint density at radius 1 is 1.00 bits per heavy atom. The number of likely N-dealkylation sites (tertiary alicyclic amines) is 1. The average Bonchev–Trinajstić information content (AvgIpc) is 3.19. The van der Waals surface area contributed by atoms with Crippen LogP contribution in [0.15, 0.2) is 12.7 Å². The van der Waals surface area contributed by atoms with Crippen LogP contribution in [-0.4, -0.2) is 72.5 Å². The first kappa shape index (κ1) is 16.0. The molecule has 3 rings (SSSR count). The van der Waals surface area contributed by atoms with E-state index in [9.17, 15) is 4.79 Å². The summed E-state index contributed by atoms with van der Waals surface area (Å²) in [6, 6.07) is 0.111. The van der Waals surface area contributed by atoms with Crippen LogP contribution in [0.4, 0.5) is 0 Å². The molecule has 3 aliphatic rings. The molecule has 0 N–H and O–H groups in total. The topological polar surface area (TPSA) is 26.8 Å². The number of rotatable bonds is 5. The van der Waals surface area contributed by atoms with E-state index in [2.05, 4.69) is 21.3 Å². The van der Waals surface area contributed by atoms with Crippen LogP contribution < -0.4 is 0 Å². The fraction of sp³-hybridized carbons (Fsp3) is 0.833. The zero-order chi connectivity index (χ0) is 15.4. The molecule has 1 aliphatic carbocycles. The lowest BCUT2D eigenvalue weighted by molar-refractivity contribution is -0.137. The zero-order valence-electron chi connectivity index (χ0n) is 13.9. The summed E-state index contributed by atoms with van der Waals surface area (Å²) < 4.78 is 0. The number of amides is 1. The molecule has 0 aromatic heterocycles. The summed E-state index contributed by atoms with van der Waals surface area (Å²) in [7, 11) is 0. The van der Waals surface area contributed by atoms with Crippen LogP contribution >= 0.6 is 0 Å². The number of hydrogen-bond acceptors (Lipinski definition) is 3. The number of nitrogens with zero attached hydrogens (tertiary/aromatic N) is 3. The Morgan fingerprint density at radius 3 is 2.41 bits per heavy atom. The molecule has 0 bridgehead atoms. The second-order valence-corrected chi connectivity index (χ2v) is 7.22. The molecular weight excluding hydrogens is 274 g/mol. The number of carbonyl (C=O) groups excluding carboxylic acids is 1. The Balaban J connectivity index is 1.46. The molecule has 0 spiro atoms. The van der Waals surface area contributed by atoms with Gasteiger partial charge in [-0.05, 0) is 38.1 Å². The van der Waals surface area contributed by atoms with Gasteiger partial charge in [-0.15, -0.1) is 6.58 Å². The van der Waals surface area contributed by atoms with Gasteiger partial charge in [0.05, 0.1) is 6.04 Å². The van der Waals surface area contributed by atoms with E-state index in [1.807, 2.05) is 6.08 Å². The third kappa shape index (κ3) is 3.72. The van der Waals surface area contributed by atoms with Crippen molar-refractivity contribution in [1.29, 1.82) is 0 Å². The zero-order valence-corrected chi connectivity index (χ0v) is 13.9. The monoisotopic (exact) mass is 305 g/mol. The number of piperazine rings is 1. The second kappa shape index (κ2) is 7.60. The molecule has 22 heavy (non-hydrogen) atoms. The summed E-state index contributed by atoms with van der Waals surface area (Å²) in [6.45, 7) is 10.9. The maximum atomic E-state index is 12.8. The lowest BCUT2D eigenvalue weighted by Gasteiger charge is -2.38. The second-order valence-electron chi connectivity index (χ2n) is 7.22. The lowest BCUT2D eigenvalue weighted by Crippen LogP contribution is -2.54. The molecule has 1 amide bonds. The highest BCUT2D eigenvalue weighted by Crippen LogP contribution is 2.26. The quantitative estimate of drug-likeness (QED) is 0.727. The Labute approximate surface area is 135 Å². The van der Waals surface area contributed by atoms with Crippen molar-refractivity contribution in [2.24, 2.45) is 5.92 Å². The first-order chi connectivity index (χ1) is 10.8. The minimum Gasteiger partial charge on any atom is -0.339 e. The van der Waals surface area contributed by atoms with Crippen molar-refractivity contribution in [3.8, 4) is 0 Å². The van der Waals surface area contributed by atoms with Crippen molar-refractivity contribution < 1.29 is 4.79 Å². The molecule has 2 heterocycles. The van der Waals surface area contributed by atoms with Gasteiger partial charge in [0.15, 0.2) is 0 Å². The van der Waals surface area contributed by atoms with Crippen molar-refractivity contribution in [3.63, 3.8) is 0 Å². The molecule has 0 unspecified atom stereocenters. The van der Waals surface area contributed by atoms with Gasteiger partial charge in [0, 0.05) is 39.3 Å². The predicted molar refractivity (Wildman–Crippen MR) is 89.8 cm³/mol. The Hall–Kier alpha value is -0.870. The Morgan fingerprint density at radius 2 is 1.73 bits per heavy atom. The van der Waals surface area contributed by atoms with Gasteiger partial charge < -0.3 is 4.90 Å². The van der Waals surface area contributed by atoms with E-state index in [0.29, 0.717) is 5.91 Å². The minimum atomic E-state index is 0.111. The third-order valence-corrected chi connectivity index (χ3v) is 5.69. The molecule has 1 atom stereocenters. The largest absolute Gasteiger partial charge is 0.339 e. The molecule has 1 saturated carbocycles. The van der Waals surface area contributed by atoms with Crippen LogP contribution in [0.5, 0.6) is 0 Å². The third-order valence-electron chi connectivity index (χ3n) is 5.69. The fourth-order valence-corrected chi connectivity index (χ4v) is 4.41. The van der Waals surface area contributed by atoms with Crippen molar-refractivity contribution in [2.75, 3.05) is 45.8 Å². The van der Waals surface area contributed by atoms with Gasteiger partial charge in [0.2, 0.25) is 5.91 Å². The van der Waals surface area contributed by atoms with E-state index in [-0.39, 0.29) is 6.04 Å². The molecular formula is C18H31N3O. The van der Waals surface area contributed by atoms with Gasteiger partial charge in [-0.3, -0.25) is 14.6 Å². The van der Waals surface area contributed by atoms with E-state index in [1.165, 1.54) is 32.2 Å². The van der Waals surface area contributed by atoms with Gasteiger partial charge in [0.1, 0.15) is 0 Å². The number of hydrogen-bond donors (Lipinski definition) is 0. The standard InChI is InChI=1S/C18H31N3O/c1-2-9-20-10-5-8-17(20)18(22)21-13-11-19(12-14-21)15-16-6-3-4-7-16/h2,16-17H,1,3-15H2/t17-/m0/s1. The molecule has 124 valence electrons. The summed E-state index contributed by atoms with van der Waals surface area (Å²) in [5.41, 5.74) is 0. The first-order valence-electron chi connectivity index (χ1n) is 9.14. The van der Waals surface area contributed by atoms with Crippen LogP contribution in [-0.2, 0) is 4.79 Å². The highest BCUT2D eigenvalue weighted by Gasteiger charge is 2.34. The molecule has 4 nitrogen and oxygen atoms in total. The molecule has 2 aliphatic heterocycles. The van der Waals surface area contributed by atoms with E-state index in [1.54, 1.807) is 0 Å². The van der Waals surface area contributed by atoms with Crippen LogP contribution in [0.2, 0.25) is 0 Å². The van der Waals surface area contributed by atoms with Gasteiger partial charge in [-0.1, -0.05) is 18.9 Å². The van der Waals surface area contributed by atoms with E-state index < -0.39 is 0 Å². The lowest BCUT2D eigenvalue weighted by atomic mass is 10.1. The highest BCUT2D eigenvalue weighted by molar-refractivity contribution is 5.82. The van der Waals surface area contributed by atoms with E-state index >= 15 is 0 Å². The average molecular weight is 305 g/mol. The van der Waals surface area contributed by atoms with Crippen LogP contribution in [0, 0.1) is 5.92 Å². The van der Waals surface area contributed by atoms with E-state index in [4.69, 9.17) is 0 Å². The van der Waals surface area contributed by atoms with Crippen molar-refractivity contribution in [1.82, 2.24) is 14.7 Å². The molecule has 0 aromatic rings. The maximum absolute atomic E-state index is 12.8. The van der Waals surface area contributed by atoms with Crippen LogP contribution in [0.3, 0.4) is 0 Å².